The van der Waals surface area contributed by atoms with Gasteiger partial charge in [0, 0.05) is 5.56 Å². The quantitative estimate of drug-likeness (QED) is 0.692. The molecule has 0 heterocycles. The SMILES string of the molecule is CCOc1ccccc1/C=C/C=C/c1ccccc1. The molecule has 0 amide bonds. The largest absolute Gasteiger partial charge is 0.493 e. The van der Waals surface area contributed by atoms with Crippen molar-refractivity contribution >= 4 is 12.2 Å². The molecule has 0 N–H and O–H groups in total. The fraction of sp³-hybridized carbons (Fsp3) is 0.111. The predicted octanol–water partition coefficient (Wildman–Crippen LogP) is 4.81. The van der Waals surface area contributed by atoms with Crippen LogP contribution in [0.3, 0.4) is 0 Å². The van der Waals surface area contributed by atoms with Crippen molar-refractivity contribution in [3.63, 3.8) is 0 Å². The molecule has 2 aromatic carbocycles. The highest BCUT2D eigenvalue weighted by Crippen LogP contribution is 2.19. The van der Waals surface area contributed by atoms with Crippen LogP contribution in [0.1, 0.15) is 18.1 Å². The maximum atomic E-state index is 5.58. The summed E-state index contributed by atoms with van der Waals surface area (Å²) < 4.78 is 5.58. The topological polar surface area (TPSA) is 9.23 Å². The molecule has 0 aliphatic rings. The van der Waals surface area contributed by atoms with E-state index in [1.807, 2.05) is 55.5 Å². The van der Waals surface area contributed by atoms with Crippen molar-refractivity contribution in [3.05, 3.63) is 77.9 Å². The summed E-state index contributed by atoms with van der Waals surface area (Å²) in [5.41, 5.74) is 2.30. The normalized spacial score (nSPS) is 11.2. The van der Waals surface area contributed by atoms with E-state index in [9.17, 15) is 0 Å². The molecule has 0 spiro atoms. The Labute approximate surface area is 114 Å². The third-order valence-corrected chi connectivity index (χ3v) is 2.69. The standard InChI is InChI=1S/C18H18O/c1-2-19-18-15-9-8-14-17(18)13-7-6-12-16-10-4-3-5-11-16/h3-15H,2H2,1H3/b12-6+,13-7+. The van der Waals surface area contributed by atoms with Gasteiger partial charge in [-0.2, -0.15) is 0 Å². The maximum absolute atomic E-state index is 5.58. The molecule has 0 saturated carbocycles. The van der Waals surface area contributed by atoms with Crippen molar-refractivity contribution in [2.75, 3.05) is 6.61 Å². The molecule has 1 nitrogen and oxygen atoms in total. The number of para-hydroxylation sites is 1. The molecule has 0 radical (unpaired) electrons. The zero-order chi connectivity index (χ0) is 13.3. The van der Waals surface area contributed by atoms with Crippen molar-refractivity contribution in [3.8, 4) is 5.75 Å². The smallest absolute Gasteiger partial charge is 0.126 e. The lowest BCUT2D eigenvalue weighted by Gasteiger charge is -2.05. The lowest BCUT2D eigenvalue weighted by molar-refractivity contribution is 0.339. The highest BCUT2D eigenvalue weighted by atomic mass is 16.5. The Kier molecular flexibility index (Phi) is 5.00. The Morgan fingerprint density at radius 2 is 1.53 bits per heavy atom. The summed E-state index contributed by atoms with van der Waals surface area (Å²) >= 11 is 0. The molecule has 0 aromatic heterocycles. The van der Waals surface area contributed by atoms with Gasteiger partial charge in [-0.3, -0.25) is 0 Å². The van der Waals surface area contributed by atoms with E-state index < -0.39 is 0 Å². The molecular weight excluding hydrogens is 232 g/mol. The van der Waals surface area contributed by atoms with Crippen LogP contribution < -0.4 is 4.74 Å². The maximum Gasteiger partial charge on any atom is 0.126 e. The lowest BCUT2D eigenvalue weighted by Crippen LogP contribution is -1.92. The summed E-state index contributed by atoms with van der Waals surface area (Å²) in [6.07, 6.45) is 8.22. The zero-order valence-electron chi connectivity index (χ0n) is 11.1. The van der Waals surface area contributed by atoms with Crippen LogP contribution in [0.5, 0.6) is 5.75 Å². The second-order valence-corrected chi connectivity index (χ2v) is 4.10. The van der Waals surface area contributed by atoms with Crippen LogP contribution in [-0.2, 0) is 0 Å². The van der Waals surface area contributed by atoms with Gasteiger partial charge in [0.05, 0.1) is 6.61 Å². The molecule has 0 unspecified atom stereocenters. The molecule has 1 heteroatoms. The van der Waals surface area contributed by atoms with Crippen molar-refractivity contribution in [1.82, 2.24) is 0 Å². The first-order valence-corrected chi connectivity index (χ1v) is 6.52. The van der Waals surface area contributed by atoms with Crippen LogP contribution in [0.4, 0.5) is 0 Å². The molecule has 0 atom stereocenters. The number of rotatable bonds is 5. The van der Waals surface area contributed by atoms with Crippen LogP contribution in [0.25, 0.3) is 12.2 Å². The minimum Gasteiger partial charge on any atom is -0.493 e. The van der Waals surface area contributed by atoms with E-state index in [0.29, 0.717) is 6.61 Å². The first kappa shape index (κ1) is 13.2. The van der Waals surface area contributed by atoms with Gasteiger partial charge in [-0.1, -0.05) is 72.8 Å². The molecule has 0 bridgehead atoms. The fourth-order valence-electron chi connectivity index (χ4n) is 1.80. The number of ether oxygens (including phenoxy) is 1. The van der Waals surface area contributed by atoms with Crippen molar-refractivity contribution in [2.45, 2.75) is 6.92 Å². The molecule has 2 rings (SSSR count). The first-order valence-electron chi connectivity index (χ1n) is 6.52. The molecule has 0 aliphatic carbocycles. The van der Waals surface area contributed by atoms with E-state index >= 15 is 0 Å². The summed E-state index contributed by atoms with van der Waals surface area (Å²) in [5.74, 6) is 0.925. The van der Waals surface area contributed by atoms with Gasteiger partial charge in [-0.05, 0) is 18.6 Å². The Bertz CT molecular complexity index is 553. The highest BCUT2D eigenvalue weighted by molar-refractivity contribution is 5.61. The summed E-state index contributed by atoms with van der Waals surface area (Å²) in [6, 6.07) is 18.3. The van der Waals surface area contributed by atoms with E-state index in [-0.39, 0.29) is 0 Å². The third-order valence-electron chi connectivity index (χ3n) is 2.69. The van der Waals surface area contributed by atoms with Crippen LogP contribution in [0.2, 0.25) is 0 Å². The van der Waals surface area contributed by atoms with Crippen molar-refractivity contribution < 1.29 is 4.74 Å². The Balaban J connectivity index is 2.05. The van der Waals surface area contributed by atoms with Gasteiger partial charge in [0.25, 0.3) is 0 Å². The van der Waals surface area contributed by atoms with Gasteiger partial charge in [-0.25, -0.2) is 0 Å². The highest BCUT2D eigenvalue weighted by Gasteiger charge is 1.96. The van der Waals surface area contributed by atoms with Crippen molar-refractivity contribution in [1.29, 1.82) is 0 Å². The average molecular weight is 250 g/mol. The minimum absolute atomic E-state index is 0.685. The van der Waals surface area contributed by atoms with E-state index in [1.165, 1.54) is 5.56 Å². The summed E-state index contributed by atoms with van der Waals surface area (Å²) in [6.45, 7) is 2.68. The summed E-state index contributed by atoms with van der Waals surface area (Å²) in [5, 5.41) is 0. The van der Waals surface area contributed by atoms with Gasteiger partial charge in [0.15, 0.2) is 0 Å². The minimum atomic E-state index is 0.685. The molecule has 0 fully saturated rings. The second-order valence-electron chi connectivity index (χ2n) is 4.10. The summed E-state index contributed by atoms with van der Waals surface area (Å²) in [7, 11) is 0. The molecule has 0 aliphatic heterocycles. The second kappa shape index (κ2) is 7.22. The predicted molar refractivity (Wildman–Crippen MR) is 82.1 cm³/mol. The lowest BCUT2D eigenvalue weighted by atomic mass is 10.1. The molecule has 96 valence electrons. The van der Waals surface area contributed by atoms with Crippen LogP contribution >= 0.6 is 0 Å². The third kappa shape index (κ3) is 4.14. The number of allylic oxidation sites excluding steroid dienone is 2. The van der Waals surface area contributed by atoms with E-state index in [4.69, 9.17) is 4.74 Å². The number of hydrogen-bond donors (Lipinski definition) is 0. The van der Waals surface area contributed by atoms with Gasteiger partial charge >= 0.3 is 0 Å². The Hall–Kier alpha value is -2.28. The Morgan fingerprint density at radius 3 is 2.32 bits per heavy atom. The summed E-state index contributed by atoms with van der Waals surface area (Å²) in [4.78, 5) is 0. The van der Waals surface area contributed by atoms with Gasteiger partial charge < -0.3 is 4.74 Å². The average Bonchev–Trinajstić information content (AvgIpc) is 2.47. The van der Waals surface area contributed by atoms with Crippen molar-refractivity contribution in [2.24, 2.45) is 0 Å². The zero-order valence-corrected chi connectivity index (χ0v) is 11.1. The van der Waals surface area contributed by atoms with E-state index in [2.05, 4.69) is 30.4 Å². The van der Waals surface area contributed by atoms with Crippen LogP contribution in [-0.4, -0.2) is 6.61 Å². The van der Waals surface area contributed by atoms with Gasteiger partial charge in [0.2, 0.25) is 0 Å². The van der Waals surface area contributed by atoms with Crippen LogP contribution in [0, 0.1) is 0 Å². The Morgan fingerprint density at radius 1 is 0.842 bits per heavy atom. The molecule has 2 aromatic rings. The van der Waals surface area contributed by atoms with Crippen LogP contribution in [0.15, 0.2) is 66.7 Å². The first-order chi connectivity index (χ1) is 9.40. The van der Waals surface area contributed by atoms with Gasteiger partial charge in [-0.15, -0.1) is 0 Å². The monoisotopic (exact) mass is 250 g/mol. The number of benzene rings is 2. The number of hydrogen-bond acceptors (Lipinski definition) is 1. The van der Waals surface area contributed by atoms with Gasteiger partial charge in [0.1, 0.15) is 5.75 Å². The van der Waals surface area contributed by atoms with E-state index in [0.717, 1.165) is 11.3 Å². The van der Waals surface area contributed by atoms with E-state index in [1.54, 1.807) is 0 Å². The fourth-order valence-corrected chi connectivity index (χ4v) is 1.80. The molecule has 0 saturated heterocycles. The molecule has 19 heavy (non-hydrogen) atoms. The molecular formula is C18H18O.